The first kappa shape index (κ1) is 18.0. The van der Waals surface area contributed by atoms with Gasteiger partial charge in [-0.2, -0.15) is 0 Å². The third kappa shape index (κ3) is 3.95. The largest absolute Gasteiger partial charge is 0.465 e. The summed E-state index contributed by atoms with van der Waals surface area (Å²) in [6.45, 7) is 3.80. The van der Waals surface area contributed by atoms with Crippen LogP contribution in [0.2, 0.25) is 10.0 Å². The Bertz CT molecular complexity index is 775. The molecular formula is C15H14Cl2N2O2S2. The molecular weight excluding hydrogens is 375 g/mol. The van der Waals surface area contributed by atoms with Crippen LogP contribution in [0.4, 0.5) is 10.7 Å². The van der Waals surface area contributed by atoms with Crippen molar-refractivity contribution < 1.29 is 9.53 Å². The lowest BCUT2D eigenvalue weighted by Crippen LogP contribution is -2.20. The number of methoxy groups -OCH3 is 1. The molecule has 0 aliphatic carbocycles. The van der Waals surface area contributed by atoms with Gasteiger partial charge in [0.05, 0.1) is 28.4 Å². The fourth-order valence-corrected chi connectivity index (χ4v) is 3.60. The van der Waals surface area contributed by atoms with Gasteiger partial charge in [-0.3, -0.25) is 0 Å². The van der Waals surface area contributed by atoms with Gasteiger partial charge in [-0.25, -0.2) is 4.79 Å². The SMILES string of the molecule is COC(=O)c1c(NC(=S)Nc2cccc(Cl)c2Cl)sc(C)c1C. The highest BCUT2D eigenvalue weighted by molar-refractivity contribution is 7.80. The van der Waals surface area contributed by atoms with Crippen molar-refractivity contribution in [2.45, 2.75) is 13.8 Å². The molecule has 0 unspecified atom stereocenters. The fourth-order valence-electron chi connectivity index (χ4n) is 1.92. The minimum atomic E-state index is -0.405. The Morgan fingerprint density at radius 1 is 1.26 bits per heavy atom. The highest BCUT2D eigenvalue weighted by atomic mass is 35.5. The van der Waals surface area contributed by atoms with E-state index < -0.39 is 5.97 Å². The molecule has 122 valence electrons. The van der Waals surface area contributed by atoms with Crippen molar-refractivity contribution in [3.8, 4) is 0 Å². The third-order valence-electron chi connectivity index (χ3n) is 3.20. The molecule has 0 amide bonds. The number of rotatable bonds is 3. The number of benzene rings is 1. The number of halogens is 2. The molecule has 8 heteroatoms. The van der Waals surface area contributed by atoms with Crippen LogP contribution in [0.15, 0.2) is 18.2 Å². The van der Waals surface area contributed by atoms with Crippen LogP contribution < -0.4 is 10.6 Å². The Labute approximate surface area is 153 Å². The fraction of sp³-hybridized carbons (Fsp3) is 0.200. The lowest BCUT2D eigenvalue weighted by molar-refractivity contribution is 0.0601. The molecule has 0 saturated heterocycles. The molecule has 23 heavy (non-hydrogen) atoms. The number of carbonyl (C=O) groups excluding carboxylic acids is 1. The zero-order valence-corrected chi connectivity index (χ0v) is 15.8. The molecule has 0 radical (unpaired) electrons. The van der Waals surface area contributed by atoms with Crippen LogP contribution in [-0.2, 0) is 4.74 Å². The predicted molar refractivity (Wildman–Crippen MR) is 101 cm³/mol. The summed E-state index contributed by atoms with van der Waals surface area (Å²) >= 11 is 18.8. The van der Waals surface area contributed by atoms with E-state index in [0.29, 0.717) is 31.4 Å². The van der Waals surface area contributed by atoms with Gasteiger partial charge in [0.15, 0.2) is 5.11 Å². The number of hydrogen-bond donors (Lipinski definition) is 2. The van der Waals surface area contributed by atoms with E-state index in [-0.39, 0.29) is 0 Å². The molecule has 1 aromatic carbocycles. The van der Waals surface area contributed by atoms with Crippen molar-refractivity contribution in [1.82, 2.24) is 0 Å². The van der Waals surface area contributed by atoms with Crippen LogP contribution in [0, 0.1) is 13.8 Å². The predicted octanol–water partition coefficient (Wildman–Crippen LogP) is 5.27. The maximum atomic E-state index is 11.9. The van der Waals surface area contributed by atoms with Gasteiger partial charge in [-0.15, -0.1) is 11.3 Å². The topological polar surface area (TPSA) is 50.4 Å². The van der Waals surface area contributed by atoms with Crippen molar-refractivity contribution in [3.63, 3.8) is 0 Å². The van der Waals surface area contributed by atoms with E-state index in [4.69, 9.17) is 40.2 Å². The average molecular weight is 389 g/mol. The van der Waals surface area contributed by atoms with Gasteiger partial charge in [-0.1, -0.05) is 29.3 Å². The van der Waals surface area contributed by atoms with Crippen molar-refractivity contribution in [2.75, 3.05) is 17.7 Å². The van der Waals surface area contributed by atoms with Gasteiger partial charge in [0, 0.05) is 4.88 Å². The van der Waals surface area contributed by atoms with E-state index in [1.165, 1.54) is 18.4 Å². The number of ether oxygens (including phenoxy) is 1. The van der Waals surface area contributed by atoms with Crippen molar-refractivity contribution in [3.05, 3.63) is 44.2 Å². The molecule has 0 aliphatic heterocycles. The minimum absolute atomic E-state index is 0.306. The van der Waals surface area contributed by atoms with Gasteiger partial charge in [-0.05, 0) is 43.8 Å². The smallest absolute Gasteiger partial charge is 0.341 e. The van der Waals surface area contributed by atoms with Crippen LogP contribution in [0.25, 0.3) is 0 Å². The monoisotopic (exact) mass is 388 g/mol. The summed E-state index contributed by atoms with van der Waals surface area (Å²) in [7, 11) is 1.35. The van der Waals surface area contributed by atoms with Crippen LogP contribution >= 0.6 is 46.8 Å². The second-order valence-corrected chi connectivity index (χ2v) is 7.08. The zero-order valence-electron chi connectivity index (χ0n) is 12.6. The average Bonchev–Trinajstić information content (AvgIpc) is 2.77. The van der Waals surface area contributed by atoms with Crippen LogP contribution in [0.3, 0.4) is 0 Å². The van der Waals surface area contributed by atoms with Crippen molar-refractivity contribution >= 4 is 68.5 Å². The molecule has 0 atom stereocenters. The van der Waals surface area contributed by atoms with E-state index in [1.807, 2.05) is 13.8 Å². The highest BCUT2D eigenvalue weighted by Gasteiger charge is 2.21. The normalized spacial score (nSPS) is 10.3. The first-order valence-electron chi connectivity index (χ1n) is 6.55. The Hall–Kier alpha value is -1.34. The lowest BCUT2D eigenvalue weighted by atomic mass is 10.1. The van der Waals surface area contributed by atoms with E-state index in [2.05, 4.69) is 10.6 Å². The highest BCUT2D eigenvalue weighted by Crippen LogP contribution is 2.34. The van der Waals surface area contributed by atoms with Gasteiger partial charge < -0.3 is 15.4 Å². The quantitative estimate of drug-likeness (QED) is 0.554. The Kier molecular flexibility index (Phi) is 5.86. The van der Waals surface area contributed by atoms with E-state index in [0.717, 1.165) is 10.4 Å². The lowest BCUT2D eigenvalue weighted by Gasteiger charge is -2.12. The van der Waals surface area contributed by atoms with E-state index in [1.54, 1.807) is 18.2 Å². The minimum Gasteiger partial charge on any atom is -0.465 e. The van der Waals surface area contributed by atoms with Crippen LogP contribution in [0.5, 0.6) is 0 Å². The Morgan fingerprint density at radius 2 is 1.96 bits per heavy atom. The van der Waals surface area contributed by atoms with Gasteiger partial charge in [0.2, 0.25) is 0 Å². The maximum absolute atomic E-state index is 11.9. The maximum Gasteiger partial charge on any atom is 0.341 e. The zero-order chi connectivity index (χ0) is 17.1. The molecule has 0 spiro atoms. The molecule has 0 aliphatic rings. The number of aryl methyl sites for hydroxylation is 1. The second-order valence-electron chi connectivity index (χ2n) is 4.66. The summed E-state index contributed by atoms with van der Waals surface area (Å²) in [5.41, 5.74) is 1.94. The van der Waals surface area contributed by atoms with Gasteiger partial charge in [0.1, 0.15) is 5.00 Å². The second kappa shape index (κ2) is 7.49. The first-order chi connectivity index (χ1) is 10.8. The van der Waals surface area contributed by atoms with E-state index in [9.17, 15) is 4.79 Å². The molecule has 4 nitrogen and oxygen atoms in total. The first-order valence-corrected chi connectivity index (χ1v) is 8.53. The molecule has 0 fully saturated rings. The van der Waals surface area contributed by atoms with Crippen molar-refractivity contribution in [2.24, 2.45) is 0 Å². The third-order valence-corrected chi connectivity index (χ3v) is 5.35. The van der Waals surface area contributed by atoms with Gasteiger partial charge >= 0.3 is 5.97 Å². The molecule has 1 heterocycles. The number of carbonyl (C=O) groups is 1. The van der Waals surface area contributed by atoms with Crippen LogP contribution in [0.1, 0.15) is 20.8 Å². The number of hydrogen-bond acceptors (Lipinski definition) is 4. The van der Waals surface area contributed by atoms with E-state index >= 15 is 0 Å². The standard InChI is InChI=1S/C15H14Cl2N2O2S2/c1-7-8(2)23-13(11(7)14(20)21-3)19-15(22)18-10-6-4-5-9(16)12(10)17/h4-6H,1-3H3,(H2,18,19,22). The summed E-state index contributed by atoms with van der Waals surface area (Å²) in [6.07, 6.45) is 0. The molecule has 0 bridgehead atoms. The summed E-state index contributed by atoms with van der Waals surface area (Å²) < 4.78 is 4.83. The molecule has 1 aromatic heterocycles. The number of thiocarbonyl (C=S) groups is 1. The Morgan fingerprint density at radius 3 is 2.61 bits per heavy atom. The molecule has 2 N–H and O–H groups in total. The Balaban J connectivity index is 2.22. The van der Waals surface area contributed by atoms with Crippen LogP contribution in [-0.4, -0.2) is 18.2 Å². The van der Waals surface area contributed by atoms with Gasteiger partial charge in [0.25, 0.3) is 0 Å². The summed E-state index contributed by atoms with van der Waals surface area (Å²) in [5, 5.41) is 7.73. The molecule has 0 saturated carbocycles. The number of nitrogens with one attached hydrogen (secondary N) is 2. The molecule has 2 rings (SSSR count). The summed E-state index contributed by atoms with van der Waals surface area (Å²) in [4.78, 5) is 13.0. The number of anilines is 2. The summed E-state index contributed by atoms with van der Waals surface area (Å²) in [5.74, 6) is -0.405. The number of esters is 1. The van der Waals surface area contributed by atoms with Crippen molar-refractivity contribution in [1.29, 1.82) is 0 Å². The molecule has 2 aromatic rings. The summed E-state index contributed by atoms with van der Waals surface area (Å²) in [6, 6.07) is 5.21. The number of thiophene rings is 1.